The molecule has 0 amide bonds. The van der Waals surface area contributed by atoms with Gasteiger partial charge in [0.1, 0.15) is 17.0 Å². The van der Waals surface area contributed by atoms with Gasteiger partial charge in [0.25, 0.3) is 0 Å². The van der Waals surface area contributed by atoms with E-state index in [9.17, 15) is 21.6 Å². The highest BCUT2D eigenvalue weighted by molar-refractivity contribution is 7.91. The Bertz CT molecular complexity index is 1480. The number of fused-ring (bicyclic) bond motifs is 1. The van der Waals surface area contributed by atoms with E-state index in [2.05, 4.69) is 15.0 Å². The Morgan fingerprint density at radius 3 is 2.39 bits per heavy atom. The van der Waals surface area contributed by atoms with Gasteiger partial charge in [-0.15, -0.1) is 0 Å². The van der Waals surface area contributed by atoms with Crippen molar-refractivity contribution in [3.63, 3.8) is 0 Å². The molecule has 3 aromatic heterocycles. The van der Waals surface area contributed by atoms with Crippen LogP contribution in [0.1, 0.15) is 12.5 Å². The Morgan fingerprint density at radius 1 is 1.12 bits per heavy atom. The van der Waals surface area contributed by atoms with Gasteiger partial charge in [-0.1, -0.05) is 30.7 Å². The SMILES string of the molecule is CCS(=O)(=O)c1cc(-c2ccc(Cl)cc2)c(N)nc1-c1nc2cc(C(F)(F)F)cnc2n1C. The number of hydrogen-bond donors (Lipinski definition) is 1. The van der Waals surface area contributed by atoms with Crippen molar-refractivity contribution in [2.75, 3.05) is 11.5 Å². The number of anilines is 1. The molecule has 12 heteroatoms. The predicted molar refractivity (Wildman–Crippen MR) is 119 cm³/mol. The summed E-state index contributed by atoms with van der Waals surface area (Å²) in [6, 6.07) is 8.87. The van der Waals surface area contributed by atoms with E-state index >= 15 is 0 Å². The zero-order chi connectivity index (χ0) is 24.1. The fourth-order valence-corrected chi connectivity index (χ4v) is 4.53. The number of aryl methyl sites for hydroxylation is 1. The van der Waals surface area contributed by atoms with Gasteiger partial charge in [0.15, 0.2) is 21.3 Å². The van der Waals surface area contributed by atoms with Gasteiger partial charge in [0.05, 0.1) is 16.2 Å². The first-order valence-electron chi connectivity index (χ1n) is 9.61. The van der Waals surface area contributed by atoms with Gasteiger partial charge in [0, 0.05) is 23.8 Å². The fourth-order valence-electron chi connectivity index (χ4n) is 3.37. The number of halogens is 4. The maximum absolute atomic E-state index is 13.1. The molecule has 172 valence electrons. The lowest BCUT2D eigenvalue weighted by Crippen LogP contribution is -2.11. The predicted octanol–water partition coefficient (Wildman–Crippen LogP) is 4.75. The molecule has 0 radical (unpaired) electrons. The van der Waals surface area contributed by atoms with Crippen molar-refractivity contribution in [3.05, 3.63) is 53.2 Å². The van der Waals surface area contributed by atoms with Crippen LogP contribution in [0.3, 0.4) is 0 Å². The minimum absolute atomic E-state index is 0.0261. The van der Waals surface area contributed by atoms with Crippen LogP contribution in [-0.4, -0.2) is 33.7 Å². The van der Waals surface area contributed by atoms with E-state index in [-0.39, 0.29) is 39.1 Å². The van der Waals surface area contributed by atoms with E-state index in [0.717, 1.165) is 6.07 Å². The zero-order valence-electron chi connectivity index (χ0n) is 17.4. The van der Waals surface area contributed by atoms with Crippen molar-refractivity contribution in [2.45, 2.75) is 18.0 Å². The number of alkyl halides is 3. The molecule has 4 aromatic rings. The summed E-state index contributed by atoms with van der Waals surface area (Å²) in [4.78, 5) is 12.3. The number of pyridine rings is 2. The number of imidazole rings is 1. The fraction of sp³-hybridized carbons (Fsp3) is 0.190. The van der Waals surface area contributed by atoms with E-state index in [4.69, 9.17) is 17.3 Å². The third kappa shape index (κ3) is 4.13. The Morgan fingerprint density at radius 2 is 1.79 bits per heavy atom. The molecule has 1 aromatic carbocycles. The van der Waals surface area contributed by atoms with Crippen LogP contribution in [0.15, 0.2) is 47.5 Å². The van der Waals surface area contributed by atoms with Gasteiger partial charge in [-0.05, 0) is 29.8 Å². The molecule has 0 atom stereocenters. The smallest absolute Gasteiger partial charge is 0.383 e. The molecule has 4 rings (SSSR count). The maximum Gasteiger partial charge on any atom is 0.417 e. The summed E-state index contributed by atoms with van der Waals surface area (Å²) < 4.78 is 66.6. The monoisotopic (exact) mass is 495 g/mol. The number of nitrogens with zero attached hydrogens (tertiary/aromatic N) is 4. The molecule has 0 fully saturated rings. The maximum atomic E-state index is 13.1. The lowest BCUT2D eigenvalue weighted by molar-refractivity contribution is -0.137. The van der Waals surface area contributed by atoms with Crippen LogP contribution < -0.4 is 5.73 Å². The summed E-state index contributed by atoms with van der Waals surface area (Å²) in [6.45, 7) is 1.48. The Labute approximate surface area is 192 Å². The van der Waals surface area contributed by atoms with Gasteiger partial charge in [-0.25, -0.2) is 23.4 Å². The highest BCUT2D eigenvalue weighted by atomic mass is 35.5. The van der Waals surface area contributed by atoms with Crippen LogP contribution in [0, 0.1) is 0 Å². The van der Waals surface area contributed by atoms with E-state index in [1.807, 2.05) is 0 Å². The lowest BCUT2D eigenvalue weighted by Gasteiger charge is -2.13. The Hall–Kier alpha value is -3.18. The quantitative estimate of drug-likeness (QED) is 0.438. The number of aromatic nitrogens is 4. The molecule has 0 saturated heterocycles. The second-order valence-electron chi connectivity index (χ2n) is 7.24. The number of hydrogen-bond acceptors (Lipinski definition) is 6. The summed E-state index contributed by atoms with van der Waals surface area (Å²) in [6.07, 6.45) is -3.90. The van der Waals surface area contributed by atoms with Crippen molar-refractivity contribution in [1.29, 1.82) is 0 Å². The van der Waals surface area contributed by atoms with Crippen molar-refractivity contribution >= 4 is 38.4 Å². The molecule has 33 heavy (non-hydrogen) atoms. The largest absolute Gasteiger partial charge is 0.417 e. The van der Waals surface area contributed by atoms with Crippen LogP contribution in [0.2, 0.25) is 5.02 Å². The molecular formula is C21H17ClF3N5O2S. The number of benzene rings is 1. The molecule has 2 N–H and O–H groups in total. The average Bonchev–Trinajstić information content (AvgIpc) is 3.09. The number of nitrogens with two attached hydrogens (primary N) is 1. The third-order valence-corrected chi connectivity index (χ3v) is 7.13. The first-order chi connectivity index (χ1) is 15.4. The summed E-state index contributed by atoms with van der Waals surface area (Å²) in [5.74, 6) is -0.178. The summed E-state index contributed by atoms with van der Waals surface area (Å²) in [5.41, 5.74) is 6.20. The molecule has 7 nitrogen and oxygen atoms in total. The van der Waals surface area contributed by atoms with Crippen molar-refractivity contribution in [3.8, 4) is 22.6 Å². The zero-order valence-corrected chi connectivity index (χ0v) is 18.9. The molecule has 3 heterocycles. The second-order valence-corrected chi connectivity index (χ2v) is 9.92. The molecule has 0 aliphatic heterocycles. The number of nitrogen functional groups attached to an aromatic ring is 1. The van der Waals surface area contributed by atoms with Gasteiger partial charge < -0.3 is 10.3 Å². The molecule has 0 spiro atoms. The van der Waals surface area contributed by atoms with Gasteiger partial charge in [0.2, 0.25) is 0 Å². The molecule has 0 bridgehead atoms. The Balaban J connectivity index is 1.99. The topological polar surface area (TPSA) is 104 Å². The van der Waals surface area contributed by atoms with Gasteiger partial charge in [-0.3, -0.25) is 0 Å². The number of rotatable bonds is 4. The number of sulfone groups is 1. The van der Waals surface area contributed by atoms with E-state index in [1.54, 1.807) is 24.3 Å². The van der Waals surface area contributed by atoms with Crippen molar-refractivity contribution < 1.29 is 21.6 Å². The van der Waals surface area contributed by atoms with Gasteiger partial charge in [-0.2, -0.15) is 13.2 Å². The summed E-state index contributed by atoms with van der Waals surface area (Å²) in [7, 11) is -2.30. The Kier molecular flexibility index (Phi) is 5.57. The highest BCUT2D eigenvalue weighted by Crippen LogP contribution is 2.36. The first kappa shape index (κ1) is 23.0. The first-order valence-corrected chi connectivity index (χ1v) is 11.6. The van der Waals surface area contributed by atoms with Crippen molar-refractivity contribution in [2.24, 2.45) is 7.05 Å². The summed E-state index contributed by atoms with van der Waals surface area (Å²) in [5, 5.41) is 0.494. The average molecular weight is 496 g/mol. The van der Waals surface area contributed by atoms with Crippen LogP contribution in [0.25, 0.3) is 33.8 Å². The van der Waals surface area contributed by atoms with Crippen LogP contribution in [-0.2, 0) is 23.1 Å². The summed E-state index contributed by atoms with van der Waals surface area (Å²) >= 11 is 5.94. The van der Waals surface area contributed by atoms with Crippen LogP contribution in [0.5, 0.6) is 0 Å². The van der Waals surface area contributed by atoms with E-state index in [1.165, 1.54) is 24.6 Å². The normalized spacial score (nSPS) is 12.4. The minimum atomic E-state index is -4.60. The third-order valence-electron chi connectivity index (χ3n) is 5.14. The second kappa shape index (κ2) is 7.99. The molecule has 0 aliphatic carbocycles. The lowest BCUT2D eigenvalue weighted by atomic mass is 10.1. The van der Waals surface area contributed by atoms with E-state index in [0.29, 0.717) is 22.3 Å². The van der Waals surface area contributed by atoms with Crippen LogP contribution in [0.4, 0.5) is 19.0 Å². The molecule has 0 unspecified atom stereocenters. The molecule has 0 aliphatic rings. The van der Waals surface area contributed by atoms with Crippen molar-refractivity contribution in [1.82, 2.24) is 19.5 Å². The van der Waals surface area contributed by atoms with Gasteiger partial charge >= 0.3 is 6.18 Å². The molecular weight excluding hydrogens is 479 g/mol. The van der Waals surface area contributed by atoms with Crippen LogP contribution >= 0.6 is 11.6 Å². The minimum Gasteiger partial charge on any atom is -0.383 e. The standard InChI is InChI=1S/C21H17ClF3N5O2S/c1-3-33(31,32)16-9-14(11-4-6-13(22)7-5-11)18(26)29-17(16)20-28-15-8-12(21(23,24)25)10-27-19(15)30(20)2/h4-10H,3H2,1-2H3,(H2,26,29). The molecule has 0 saturated carbocycles. The highest BCUT2D eigenvalue weighted by Gasteiger charge is 2.32. The van der Waals surface area contributed by atoms with E-state index < -0.39 is 21.6 Å².